The summed E-state index contributed by atoms with van der Waals surface area (Å²) in [6.07, 6.45) is 1.58. The van der Waals surface area contributed by atoms with Gasteiger partial charge in [0.2, 0.25) is 0 Å². The van der Waals surface area contributed by atoms with Gasteiger partial charge in [0.1, 0.15) is 23.8 Å². The molecule has 7 atom stereocenters. The first-order chi connectivity index (χ1) is 16.5. The molecule has 0 aromatic rings. The minimum atomic E-state index is -2.46. The first-order valence-corrected chi connectivity index (χ1v) is 15.8. The van der Waals surface area contributed by atoms with Crippen LogP contribution in [0.25, 0.3) is 0 Å². The van der Waals surface area contributed by atoms with Gasteiger partial charge in [-0.25, -0.2) is 0 Å². The normalized spacial score (nSPS) is 24.6. The van der Waals surface area contributed by atoms with Crippen molar-refractivity contribution in [3.8, 4) is 0 Å². The topological polar surface area (TPSA) is 123 Å². The molecule has 2 N–H and O–H groups in total. The van der Waals surface area contributed by atoms with Gasteiger partial charge in [0, 0.05) is 25.7 Å². The van der Waals surface area contributed by atoms with Crippen molar-refractivity contribution in [2.45, 2.75) is 110 Å². The second-order valence-electron chi connectivity index (χ2n) is 11.7. The Morgan fingerprint density at radius 3 is 2.22 bits per heavy atom. The number of allylic oxidation sites excluding steroid dienone is 1. The minimum absolute atomic E-state index is 0.0522. The van der Waals surface area contributed by atoms with Gasteiger partial charge in [-0.15, -0.1) is 0 Å². The fourth-order valence-corrected chi connectivity index (χ4v) is 5.70. The van der Waals surface area contributed by atoms with Crippen LogP contribution in [0.3, 0.4) is 0 Å². The van der Waals surface area contributed by atoms with Gasteiger partial charge in [0.25, 0.3) is 0 Å². The Morgan fingerprint density at radius 2 is 1.78 bits per heavy atom. The van der Waals surface area contributed by atoms with E-state index in [1.807, 2.05) is 32.9 Å². The predicted molar refractivity (Wildman–Crippen MR) is 141 cm³/mol. The number of esters is 1. The second kappa shape index (κ2) is 12.9. The number of Topliss-reactive ketones (excluding diaryl/α,β-unsaturated/α-hetero) is 2. The Morgan fingerprint density at radius 1 is 1.19 bits per heavy atom. The summed E-state index contributed by atoms with van der Waals surface area (Å²) in [4.78, 5) is 37.6. The quantitative estimate of drug-likeness (QED) is 0.142. The number of ether oxygens (including phenoxy) is 2. The molecule has 0 aliphatic carbocycles. The van der Waals surface area contributed by atoms with Crippen LogP contribution in [0.1, 0.15) is 68.2 Å². The van der Waals surface area contributed by atoms with Crippen molar-refractivity contribution in [3.05, 3.63) is 12.2 Å². The molecular formula is C27H48O8Si. The molecule has 0 amide bonds. The Hall–Kier alpha value is -1.39. The molecule has 1 aliphatic heterocycles. The van der Waals surface area contributed by atoms with E-state index in [4.69, 9.17) is 13.9 Å². The summed E-state index contributed by atoms with van der Waals surface area (Å²) >= 11 is 0. The fraction of sp³-hybridized carbons (Fsp3) is 0.815. The Bertz CT molecular complexity index is 802. The van der Waals surface area contributed by atoms with Crippen LogP contribution in [-0.4, -0.2) is 73.2 Å². The number of hydrogen-bond acceptors (Lipinski definition) is 8. The number of hydrogen-bond donors (Lipinski definition) is 2. The van der Waals surface area contributed by atoms with E-state index in [1.165, 1.54) is 6.92 Å². The third-order valence-electron chi connectivity index (χ3n) is 7.71. The van der Waals surface area contributed by atoms with Crippen molar-refractivity contribution >= 4 is 25.9 Å². The highest BCUT2D eigenvalue weighted by molar-refractivity contribution is 6.74. The Kier molecular flexibility index (Phi) is 11.7. The molecule has 0 aromatic heterocycles. The zero-order valence-electron chi connectivity index (χ0n) is 23.8. The molecule has 1 aliphatic rings. The zero-order valence-corrected chi connectivity index (χ0v) is 24.8. The van der Waals surface area contributed by atoms with E-state index in [0.717, 1.165) is 0 Å². The maximum Gasteiger partial charge on any atom is 0.302 e. The van der Waals surface area contributed by atoms with Crippen molar-refractivity contribution in [2.75, 3.05) is 13.2 Å². The van der Waals surface area contributed by atoms with Crippen molar-refractivity contribution < 1.29 is 38.5 Å². The van der Waals surface area contributed by atoms with Gasteiger partial charge in [-0.05, 0) is 32.0 Å². The molecular weight excluding hydrogens is 480 g/mol. The molecule has 208 valence electrons. The Balaban J connectivity index is 3.54. The summed E-state index contributed by atoms with van der Waals surface area (Å²) in [7, 11) is -2.46. The molecule has 1 rings (SSSR count). The monoisotopic (exact) mass is 528 g/mol. The van der Waals surface area contributed by atoms with Gasteiger partial charge in [-0.2, -0.15) is 0 Å². The lowest BCUT2D eigenvalue weighted by atomic mass is 9.79. The average molecular weight is 529 g/mol. The van der Waals surface area contributed by atoms with Gasteiger partial charge in [-0.3, -0.25) is 14.4 Å². The summed E-state index contributed by atoms with van der Waals surface area (Å²) in [6, 6.07) is 0. The molecule has 8 nitrogen and oxygen atoms in total. The summed E-state index contributed by atoms with van der Waals surface area (Å²) in [5, 5.41) is 20.6. The first kappa shape index (κ1) is 32.6. The van der Waals surface area contributed by atoms with E-state index in [1.54, 1.807) is 6.92 Å². The average Bonchev–Trinajstić information content (AvgIpc) is 3.45. The van der Waals surface area contributed by atoms with E-state index in [0.29, 0.717) is 0 Å². The number of rotatable bonds is 15. The smallest absolute Gasteiger partial charge is 0.302 e. The molecule has 36 heavy (non-hydrogen) atoms. The molecule has 0 aromatic carbocycles. The van der Waals surface area contributed by atoms with Gasteiger partial charge < -0.3 is 24.1 Å². The number of epoxide rings is 1. The van der Waals surface area contributed by atoms with E-state index in [9.17, 15) is 24.6 Å². The number of ketones is 2. The first-order valence-electron chi connectivity index (χ1n) is 12.9. The van der Waals surface area contributed by atoms with Gasteiger partial charge in [0.15, 0.2) is 8.32 Å². The van der Waals surface area contributed by atoms with Crippen molar-refractivity contribution in [1.29, 1.82) is 0 Å². The van der Waals surface area contributed by atoms with Gasteiger partial charge in [-0.1, -0.05) is 46.8 Å². The van der Waals surface area contributed by atoms with Crippen molar-refractivity contribution in [1.82, 2.24) is 0 Å². The van der Waals surface area contributed by atoms with Gasteiger partial charge >= 0.3 is 5.97 Å². The zero-order chi connectivity index (χ0) is 28.1. The third kappa shape index (κ3) is 8.05. The summed E-state index contributed by atoms with van der Waals surface area (Å²) < 4.78 is 18.4. The number of carbonyl (C=O) groups is 3. The maximum atomic E-state index is 13.9. The molecule has 0 unspecified atom stereocenters. The van der Waals surface area contributed by atoms with Crippen LogP contribution in [0, 0.1) is 17.8 Å². The number of aliphatic hydroxyl groups excluding tert-OH is 2. The fourth-order valence-electron chi connectivity index (χ4n) is 4.32. The van der Waals surface area contributed by atoms with Crippen LogP contribution in [0.15, 0.2) is 12.2 Å². The van der Waals surface area contributed by atoms with Crippen LogP contribution in [0.2, 0.25) is 18.1 Å². The van der Waals surface area contributed by atoms with Crippen molar-refractivity contribution in [2.24, 2.45) is 17.8 Å². The highest BCUT2D eigenvalue weighted by Gasteiger charge is 2.64. The van der Waals surface area contributed by atoms with Crippen LogP contribution < -0.4 is 0 Å². The lowest BCUT2D eigenvalue weighted by Gasteiger charge is -2.43. The Labute approximate surface area is 217 Å². The number of carbonyl (C=O) groups excluding carboxylic acids is 3. The lowest BCUT2D eigenvalue weighted by Crippen LogP contribution is -2.55. The highest BCUT2D eigenvalue weighted by Crippen LogP contribution is 2.50. The largest absolute Gasteiger partial charge is 0.465 e. The molecule has 0 saturated carbocycles. The second-order valence-corrected chi connectivity index (χ2v) is 16.4. The van der Waals surface area contributed by atoms with E-state index < -0.39 is 56.3 Å². The predicted octanol–water partition coefficient (Wildman–Crippen LogP) is 3.83. The third-order valence-corrected chi connectivity index (χ3v) is 12.2. The van der Waals surface area contributed by atoms with E-state index in [-0.39, 0.29) is 42.3 Å². The summed E-state index contributed by atoms with van der Waals surface area (Å²) in [6.45, 7) is 18.3. The van der Waals surface area contributed by atoms with Gasteiger partial charge in [0.05, 0.1) is 36.8 Å². The van der Waals surface area contributed by atoms with Crippen LogP contribution in [-0.2, 0) is 28.3 Å². The SMILES string of the molecule is C/C=C\[C@H](C)[C@H]1O[C@]1(C)[C@@H](O[Si](C)(C)C(C)(C)C)[C@@H](COC(C)=O)C(=O)[C@H](CO)[C@@H](O)CC(=O)CC. The van der Waals surface area contributed by atoms with Crippen molar-refractivity contribution in [3.63, 3.8) is 0 Å². The minimum Gasteiger partial charge on any atom is -0.465 e. The van der Waals surface area contributed by atoms with Crippen LogP contribution in [0.5, 0.6) is 0 Å². The molecule has 1 fully saturated rings. The van der Waals surface area contributed by atoms with Crippen LogP contribution in [0.4, 0.5) is 0 Å². The summed E-state index contributed by atoms with van der Waals surface area (Å²) in [5.74, 6) is -3.44. The molecule has 0 radical (unpaired) electrons. The number of aliphatic hydroxyl groups is 2. The van der Waals surface area contributed by atoms with Crippen LogP contribution >= 0.6 is 0 Å². The molecule has 9 heteroatoms. The standard InChI is InChI=1S/C27H48O8Si/c1-11-13-17(3)24-27(8,34-24)25(35-36(9,10)26(5,6)7)21(16-33-18(4)29)23(32)20(15-28)22(31)14-19(30)12-2/h11,13,17,20-22,24-25,28,31H,12,14-16H2,1-10H3/b13-11-/t17-,20+,21-,22-,24+,25-,27-/m0/s1. The maximum absolute atomic E-state index is 13.9. The molecule has 0 spiro atoms. The lowest BCUT2D eigenvalue weighted by molar-refractivity contribution is -0.149. The summed E-state index contributed by atoms with van der Waals surface area (Å²) in [5.41, 5.74) is -0.848. The molecule has 1 saturated heterocycles. The molecule has 1 heterocycles. The van der Waals surface area contributed by atoms with E-state index >= 15 is 0 Å². The highest BCUT2D eigenvalue weighted by atomic mass is 28.4. The molecule has 0 bridgehead atoms. The van der Waals surface area contributed by atoms with E-state index in [2.05, 4.69) is 33.9 Å².